The fraction of sp³-hybridized carbons (Fsp3) is 0.429. The molecule has 0 bridgehead atoms. The minimum absolute atomic E-state index is 0.0302. The highest BCUT2D eigenvalue weighted by Gasteiger charge is 2.49. The van der Waals surface area contributed by atoms with Crippen molar-refractivity contribution < 1.29 is 24.5 Å². The Bertz CT molecular complexity index is 1280. The molecule has 6 nitrogen and oxygen atoms in total. The maximum atomic E-state index is 13.6. The molecule has 0 radical (unpaired) electrons. The number of hydrogen-bond acceptors (Lipinski definition) is 6. The first-order valence-corrected chi connectivity index (χ1v) is 11.6. The van der Waals surface area contributed by atoms with Crippen molar-refractivity contribution in [3.8, 4) is 11.5 Å². The third kappa shape index (κ3) is 4.73. The van der Waals surface area contributed by atoms with E-state index in [4.69, 9.17) is 4.42 Å². The molecule has 1 aromatic carbocycles. The summed E-state index contributed by atoms with van der Waals surface area (Å²) in [5.74, 6) is -1.65. The third-order valence-electron chi connectivity index (χ3n) is 6.27. The van der Waals surface area contributed by atoms with Crippen LogP contribution in [0.2, 0.25) is 0 Å². The van der Waals surface area contributed by atoms with Gasteiger partial charge in [0, 0.05) is 29.5 Å². The van der Waals surface area contributed by atoms with Gasteiger partial charge in [0.05, 0.1) is 0 Å². The van der Waals surface area contributed by atoms with Crippen LogP contribution in [0, 0.1) is 5.92 Å². The molecule has 1 aromatic heterocycles. The standard InChI is InChI=1S/C28H34O6/c1-15(2)7-9-18-13-20-25(31)23-22(14-21(29)19(24(23)30)10-8-16(3)4)34-27(20)28(33,26(18)32)12-11-17(5)6/h7-8,11,14,18,29-30,33H,9-10,12-13H2,1-6H3/t18-,28-/m0/s1. The summed E-state index contributed by atoms with van der Waals surface area (Å²) in [5, 5.41) is 33.0. The van der Waals surface area contributed by atoms with Crippen molar-refractivity contribution in [1.29, 1.82) is 0 Å². The first-order valence-electron chi connectivity index (χ1n) is 11.6. The molecule has 0 amide bonds. The summed E-state index contributed by atoms with van der Waals surface area (Å²) in [5.41, 5.74) is 0.812. The Balaban J connectivity index is 2.31. The molecule has 3 rings (SSSR count). The number of aliphatic hydroxyl groups is 1. The van der Waals surface area contributed by atoms with Crippen LogP contribution in [0.4, 0.5) is 0 Å². The summed E-state index contributed by atoms with van der Waals surface area (Å²) >= 11 is 0. The van der Waals surface area contributed by atoms with Crippen LogP contribution in [-0.2, 0) is 23.2 Å². The van der Waals surface area contributed by atoms with Crippen molar-refractivity contribution in [3.63, 3.8) is 0 Å². The molecule has 0 spiro atoms. The van der Waals surface area contributed by atoms with Crippen LogP contribution >= 0.6 is 0 Å². The zero-order valence-electron chi connectivity index (χ0n) is 20.8. The van der Waals surface area contributed by atoms with E-state index in [0.717, 1.165) is 16.7 Å². The number of allylic oxidation sites excluding steroid dienone is 5. The number of benzene rings is 1. The first kappa shape index (κ1) is 25.5. The summed E-state index contributed by atoms with van der Waals surface area (Å²) in [4.78, 5) is 27.1. The highest BCUT2D eigenvalue weighted by atomic mass is 16.4. The van der Waals surface area contributed by atoms with Crippen LogP contribution in [0.5, 0.6) is 11.5 Å². The molecule has 0 saturated heterocycles. The predicted molar refractivity (Wildman–Crippen MR) is 133 cm³/mol. The van der Waals surface area contributed by atoms with Gasteiger partial charge < -0.3 is 19.7 Å². The van der Waals surface area contributed by atoms with Crippen LogP contribution < -0.4 is 5.43 Å². The van der Waals surface area contributed by atoms with Gasteiger partial charge in [0.2, 0.25) is 0 Å². The number of hydrogen-bond donors (Lipinski definition) is 3. The molecule has 6 heteroatoms. The van der Waals surface area contributed by atoms with Gasteiger partial charge in [-0.15, -0.1) is 0 Å². The average molecular weight is 467 g/mol. The largest absolute Gasteiger partial charge is 0.507 e. The van der Waals surface area contributed by atoms with E-state index >= 15 is 0 Å². The molecule has 2 aromatic rings. The van der Waals surface area contributed by atoms with Crippen LogP contribution in [0.1, 0.15) is 71.3 Å². The van der Waals surface area contributed by atoms with Crippen molar-refractivity contribution in [2.45, 2.75) is 72.8 Å². The number of Topliss-reactive ketones (excluding diaryl/α,β-unsaturated/α-hetero) is 1. The van der Waals surface area contributed by atoms with Gasteiger partial charge in [-0.05, 0) is 60.8 Å². The van der Waals surface area contributed by atoms with E-state index in [0.29, 0.717) is 6.42 Å². The van der Waals surface area contributed by atoms with Crippen molar-refractivity contribution >= 4 is 16.8 Å². The SMILES string of the molecule is CC(C)=CCc1c(O)cc2oc3c(c(=O)c2c1O)C[C@H](CC=C(C)C)C(=O)[C@@]3(O)CC=C(C)C. The average Bonchev–Trinajstić information content (AvgIpc) is 2.74. The highest BCUT2D eigenvalue weighted by molar-refractivity contribution is 5.94. The van der Waals surface area contributed by atoms with Crippen molar-refractivity contribution in [3.05, 3.63) is 68.1 Å². The lowest BCUT2D eigenvalue weighted by molar-refractivity contribution is -0.146. The van der Waals surface area contributed by atoms with Crippen molar-refractivity contribution in [2.75, 3.05) is 0 Å². The molecule has 2 atom stereocenters. The number of fused-ring (bicyclic) bond motifs is 2. The first-order chi connectivity index (χ1) is 15.9. The van der Waals surface area contributed by atoms with Crippen molar-refractivity contribution in [2.24, 2.45) is 5.92 Å². The zero-order chi connectivity index (χ0) is 25.4. The van der Waals surface area contributed by atoms with Gasteiger partial charge in [-0.2, -0.15) is 0 Å². The Morgan fingerprint density at radius 3 is 2.24 bits per heavy atom. The molecule has 1 aliphatic rings. The van der Waals surface area contributed by atoms with Gasteiger partial charge in [-0.1, -0.05) is 34.9 Å². The Labute approximate surface area is 199 Å². The molecular weight excluding hydrogens is 432 g/mol. The normalized spacial score (nSPS) is 19.5. The number of phenols is 2. The maximum Gasteiger partial charge on any atom is 0.200 e. The molecule has 182 valence electrons. The lowest BCUT2D eigenvalue weighted by Gasteiger charge is -2.35. The predicted octanol–water partition coefficient (Wildman–Crippen LogP) is 5.35. The van der Waals surface area contributed by atoms with E-state index in [1.807, 2.05) is 53.7 Å². The second-order valence-electron chi connectivity index (χ2n) is 9.95. The smallest absolute Gasteiger partial charge is 0.200 e. The molecule has 0 aliphatic heterocycles. The molecule has 1 aliphatic carbocycles. The van der Waals surface area contributed by atoms with E-state index in [1.54, 1.807) is 6.08 Å². The van der Waals surface area contributed by atoms with Gasteiger partial charge in [-0.25, -0.2) is 0 Å². The molecule has 0 unspecified atom stereocenters. The molecule has 34 heavy (non-hydrogen) atoms. The van der Waals surface area contributed by atoms with Crippen molar-refractivity contribution in [1.82, 2.24) is 0 Å². The number of ketones is 1. The number of rotatable bonds is 6. The summed E-state index contributed by atoms with van der Waals surface area (Å²) in [7, 11) is 0. The van der Waals surface area contributed by atoms with E-state index in [1.165, 1.54) is 6.07 Å². The van der Waals surface area contributed by atoms with Crippen LogP contribution in [-0.4, -0.2) is 21.1 Å². The number of carbonyl (C=O) groups is 1. The molecule has 0 fully saturated rings. The van der Waals surface area contributed by atoms with Gasteiger partial charge in [-0.3, -0.25) is 9.59 Å². The van der Waals surface area contributed by atoms with Crippen LogP contribution in [0.15, 0.2) is 50.2 Å². The Morgan fingerprint density at radius 1 is 1.03 bits per heavy atom. The number of carbonyl (C=O) groups excluding carboxylic acids is 1. The van der Waals surface area contributed by atoms with Gasteiger partial charge >= 0.3 is 0 Å². The fourth-order valence-corrected chi connectivity index (χ4v) is 4.33. The molecule has 3 N–H and O–H groups in total. The lowest BCUT2D eigenvalue weighted by atomic mass is 9.72. The van der Waals surface area contributed by atoms with Gasteiger partial charge in [0.15, 0.2) is 22.6 Å². The fourth-order valence-electron chi connectivity index (χ4n) is 4.33. The molecule has 1 heterocycles. The Kier molecular flexibility index (Phi) is 7.22. The van der Waals surface area contributed by atoms with Crippen LogP contribution in [0.3, 0.4) is 0 Å². The minimum Gasteiger partial charge on any atom is -0.507 e. The zero-order valence-corrected chi connectivity index (χ0v) is 20.8. The second kappa shape index (κ2) is 9.63. The van der Waals surface area contributed by atoms with E-state index < -0.39 is 22.7 Å². The monoisotopic (exact) mass is 466 g/mol. The summed E-state index contributed by atoms with van der Waals surface area (Å²) in [6.07, 6.45) is 6.22. The summed E-state index contributed by atoms with van der Waals surface area (Å²) < 4.78 is 5.95. The molecular formula is C28H34O6. The number of aromatic hydroxyl groups is 2. The second-order valence-corrected chi connectivity index (χ2v) is 9.95. The summed E-state index contributed by atoms with van der Waals surface area (Å²) in [6.45, 7) is 11.4. The van der Waals surface area contributed by atoms with Gasteiger partial charge in [0.1, 0.15) is 22.5 Å². The van der Waals surface area contributed by atoms with E-state index in [9.17, 15) is 24.9 Å². The third-order valence-corrected chi connectivity index (χ3v) is 6.27. The Morgan fingerprint density at radius 2 is 1.65 bits per heavy atom. The Hall–Kier alpha value is -3.12. The van der Waals surface area contributed by atoms with Crippen LogP contribution in [0.25, 0.3) is 11.0 Å². The topological polar surface area (TPSA) is 108 Å². The number of phenolic OH excluding ortho intramolecular Hbond substituents is 2. The highest BCUT2D eigenvalue weighted by Crippen LogP contribution is 2.42. The van der Waals surface area contributed by atoms with E-state index in [2.05, 4.69) is 0 Å². The summed E-state index contributed by atoms with van der Waals surface area (Å²) in [6, 6.07) is 1.27. The lowest BCUT2D eigenvalue weighted by Crippen LogP contribution is -2.46. The maximum absolute atomic E-state index is 13.6. The molecule has 0 saturated carbocycles. The van der Waals surface area contributed by atoms with E-state index in [-0.39, 0.29) is 58.6 Å². The minimum atomic E-state index is -2.01. The van der Waals surface area contributed by atoms with Gasteiger partial charge in [0.25, 0.3) is 0 Å². The quantitative estimate of drug-likeness (QED) is 0.495.